The summed E-state index contributed by atoms with van der Waals surface area (Å²) in [5.41, 5.74) is -1.63. The highest BCUT2D eigenvalue weighted by atomic mass is 35.5. The van der Waals surface area contributed by atoms with Crippen LogP contribution in [0.1, 0.15) is 59.3 Å². The molecule has 8 heteroatoms. The summed E-state index contributed by atoms with van der Waals surface area (Å²) in [6.45, 7) is 3.25. The van der Waals surface area contributed by atoms with Crippen molar-refractivity contribution in [2.24, 2.45) is 5.41 Å². The van der Waals surface area contributed by atoms with Gasteiger partial charge in [-0.3, -0.25) is 9.69 Å². The standard InChI is InChI=1S/C29H28Cl2FNO4/c1-27(2,36)20-13-23-25(24(32)14-20)29(19-5-9-22(31)10-6-19,37-17-28(16-34)11-12-28)33(26(23)35)15-18-3-7-21(30)8-4-18/h3-10,13-14,34,36H,11-12,15-17H2,1-2H3. The lowest BCUT2D eigenvalue weighted by Crippen LogP contribution is -2.48. The molecule has 1 unspecified atom stereocenters. The van der Waals surface area contributed by atoms with Crippen LogP contribution in [0.15, 0.2) is 60.7 Å². The maximum Gasteiger partial charge on any atom is 0.257 e. The fourth-order valence-corrected chi connectivity index (χ4v) is 5.10. The third-order valence-corrected chi connectivity index (χ3v) is 7.86. The van der Waals surface area contributed by atoms with Gasteiger partial charge in [0.05, 0.1) is 29.9 Å². The van der Waals surface area contributed by atoms with E-state index in [4.69, 9.17) is 27.9 Å². The lowest BCUT2D eigenvalue weighted by atomic mass is 9.88. The van der Waals surface area contributed by atoms with Crippen LogP contribution < -0.4 is 0 Å². The van der Waals surface area contributed by atoms with E-state index in [0.29, 0.717) is 15.6 Å². The van der Waals surface area contributed by atoms with E-state index in [-0.39, 0.29) is 36.4 Å². The van der Waals surface area contributed by atoms with Crippen LogP contribution in [-0.4, -0.2) is 34.2 Å². The predicted molar refractivity (Wildman–Crippen MR) is 140 cm³/mol. The number of amides is 1. The van der Waals surface area contributed by atoms with Gasteiger partial charge in [0.1, 0.15) is 5.82 Å². The summed E-state index contributed by atoms with van der Waals surface area (Å²) in [7, 11) is 0. The third-order valence-electron chi connectivity index (χ3n) is 7.36. The third kappa shape index (κ3) is 4.66. The Morgan fingerprint density at radius 1 is 1.03 bits per heavy atom. The summed E-state index contributed by atoms with van der Waals surface area (Å²) in [6, 6.07) is 16.7. The zero-order chi connectivity index (χ0) is 26.6. The summed E-state index contributed by atoms with van der Waals surface area (Å²) in [5.74, 6) is -1.09. The van der Waals surface area contributed by atoms with Crippen molar-refractivity contribution < 1.29 is 24.1 Å². The summed E-state index contributed by atoms with van der Waals surface area (Å²) >= 11 is 12.3. The Morgan fingerprint density at radius 2 is 1.62 bits per heavy atom. The van der Waals surface area contributed by atoms with Crippen LogP contribution in [0.2, 0.25) is 10.0 Å². The highest BCUT2D eigenvalue weighted by Gasteiger charge is 2.56. The second-order valence-corrected chi connectivity index (χ2v) is 11.4. The number of hydrogen-bond donors (Lipinski definition) is 2. The molecule has 0 bridgehead atoms. The van der Waals surface area contributed by atoms with Gasteiger partial charge in [-0.25, -0.2) is 4.39 Å². The predicted octanol–water partition coefficient (Wildman–Crippen LogP) is 6.01. The van der Waals surface area contributed by atoms with E-state index in [1.165, 1.54) is 17.0 Å². The molecule has 5 nitrogen and oxygen atoms in total. The van der Waals surface area contributed by atoms with Gasteiger partial charge in [-0.15, -0.1) is 0 Å². The van der Waals surface area contributed by atoms with Crippen molar-refractivity contribution >= 4 is 29.1 Å². The first-order valence-corrected chi connectivity index (χ1v) is 12.9. The Hall–Kier alpha value is -2.48. The number of carbonyl (C=O) groups excluding carboxylic acids is 1. The monoisotopic (exact) mass is 543 g/mol. The zero-order valence-corrected chi connectivity index (χ0v) is 22.1. The Bertz CT molecular complexity index is 1330. The second-order valence-electron chi connectivity index (χ2n) is 10.6. The number of fused-ring (bicyclic) bond motifs is 1. The van der Waals surface area contributed by atoms with E-state index >= 15 is 4.39 Å². The number of carbonyl (C=O) groups is 1. The van der Waals surface area contributed by atoms with Crippen LogP contribution >= 0.6 is 23.2 Å². The number of nitrogens with zero attached hydrogens (tertiary/aromatic N) is 1. The van der Waals surface area contributed by atoms with Crippen molar-refractivity contribution in [2.75, 3.05) is 13.2 Å². The normalized spacial score (nSPS) is 20.3. The van der Waals surface area contributed by atoms with Crippen LogP contribution in [0, 0.1) is 11.2 Å². The Kier molecular flexibility index (Phi) is 6.62. The Labute approximate surface area is 225 Å². The molecular weight excluding hydrogens is 516 g/mol. The molecule has 1 aliphatic carbocycles. The molecule has 3 aromatic carbocycles. The van der Waals surface area contributed by atoms with Crippen molar-refractivity contribution in [1.29, 1.82) is 0 Å². The number of aliphatic hydroxyl groups is 2. The molecule has 1 amide bonds. The second kappa shape index (κ2) is 9.37. The van der Waals surface area contributed by atoms with Crippen LogP contribution in [0.4, 0.5) is 4.39 Å². The highest BCUT2D eigenvalue weighted by Crippen LogP contribution is 2.52. The molecule has 1 heterocycles. The minimum absolute atomic E-state index is 0.0677. The number of aliphatic hydroxyl groups excluding tert-OH is 1. The molecule has 0 radical (unpaired) electrons. The lowest BCUT2D eigenvalue weighted by Gasteiger charge is -2.40. The molecule has 2 aliphatic rings. The number of ether oxygens (including phenoxy) is 1. The average Bonchev–Trinajstić information content (AvgIpc) is 3.60. The molecule has 2 N–H and O–H groups in total. The van der Waals surface area contributed by atoms with E-state index in [1.807, 2.05) is 0 Å². The number of hydrogen-bond acceptors (Lipinski definition) is 4. The molecule has 5 rings (SSSR count). The van der Waals surface area contributed by atoms with Crippen molar-refractivity contribution in [3.05, 3.63) is 104 Å². The topological polar surface area (TPSA) is 70.0 Å². The molecule has 3 aromatic rings. The summed E-state index contributed by atoms with van der Waals surface area (Å²) in [4.78, 5) is 15.6. The van der Waals surface area contributed by atoms with E-state index in [2.05, 4.69) is 0 Å². The molecular formula is C29H28Cl2FNO4. The fourth-order valence-electron chi connectivity index (χ4n) is 4.84. The zero-order valence-electron chi connectivity index (χ0n) is 20.6. The van der Waals surface area contributed by atoms with Gasteiger partial charge in [0.2, 0.25) is 0 Å². The molecule has 0 saturated heterocycles. The fraction of sp³-hybridized carbons (Fsp3) is 0.345. The van der Waals surface area contributed by atoms with Crippen LogP contribution in [-0.2, 0) is 22.6 Å². The minimum Gasteiger partial charge on any atom is -0.396 e. The van der Waals surface area contributed by atoms with Gasteiger partial charge in [0, 0.05) is 27.6 Å². The number of rotatable bonds is 8. The van der Waals surface area contributed by atoms with Gasteiger partial charge in [0.25, 0.3) is 5.91 Å². The summed E-state index contributed by atoms with van der Waals surface area (Å²) < 4.78 is 22.8. The quantitative estimate of drug-likeness (QED) is 0.365. The smallest absolute Gasteiger partial charge is 0.257 e. The van der Waals surface area contributed by atoms with Crippen LogP contribution in [0.3, 0.4) is 0 Å². The van der Waals surface area contributed by atoms with E-state index in [9.17, 15) is 15.0 Å². The number of halogens is 3. The van der Waals surface area contributed by atoms with Crippen molar-refractivity contribution in [3.63, 3.8) is 0 Å². The van der Waals surface area contributed by atoms with Gasteiger partial charge in [0.15, 0.2) is 5.72 Å². The maximum absolute atomic E-state index is 16.1. The Balaban J connectivity index is 1.74. The lowest BCUT2D eigenvalue weighted by molar-refractivity contribution is -0.130. The summed E-state index contributed by atoms with van der Waals surface area (Å²) in [5, 5.41) is 21.6. The number of benzene rings is 3. The van der Waals surface area contributed by atoms with Crippen molar-refractivity contribution in [2.45, 2.75) is 44.6 Å². The minimum atomic E-state index is -1.62. The molecule has 37 heavy (non-hydrogen) atoms. The molecule has 1 fully saturated rings. The van der Waals surface area contributed by atoms with Gasteiger partial charge < -0.3 is 14.9 Å². The molecule has 0 spiro atoms. The summed E-state index contributed by atoms with van der Waals surface area (Å²) in [6.07, 6.45) is 1.55. The first-order chi connectivity index (χ1) is 17.5. The van der Waals surface area contributed by atoms with E-state index in [1.54, 1.807) is 62.4 Å². The Morgan fingerprint density at radius 3 is 2.16 bits per heavy atom. The van der Waals surface area contributed by atoms with Gasteiger partial charge >= 0.3 is 0 Å². The maximum atomic E-state index is 16.1. The molecule has 1 aliphatic heterocycles. The van der Waals surface area contributed by atoms with Gasteiger partial charge in [-0.2, -0.15) is 0 Å². The van der Waals surface area contributed by atoms with Crippen LogP contribution in [0.5, 0.6) is 0 Å². The first-order valence-electron chi connectivity index (χ1n) is 12.1. The van der Waals surface area contributed by atoms with E-state index in [0.717, 1.165) is 18.4 Å². The average molecular weight is 544 g/mol. The molecule has 1 atom stereocenters. The van der Waals surface area contributed by atoms with Crippen molar-refractivity contribution in [1.82, 2.24) is 4.90 Å². The van der Waals surface area contributed by atoms with Crippen LogP contribution in [0.25, 0.3) is 0 Å². The van der Waals surface area contributed by atoms with E-state index < -0.39 is 28.5 Å². The largest absolute Gasteiger partial charge is 0.396 e. The molecule has 1 saturated carbocycles. The SMILES string of the molecule is CC(C)(O)c1cc(F)c2c(c1)C(=O)N(Cc1ccc(Cl)cc1)C2(OCC1(CO)CC1)c1ccc(Cl)cc1. The highest BCUT2D eigenvalue weighted by molar-refractivity contribution is 6.30. The first kappa shape index (κ1) is 26.1. The molecule has 0 aromatic heterocycles. The molecule has 194 valence electrons. The van der Waals surface area contributed by atoms with Gasteiger partial charge in [-0.05, 0) is 74.2 Å². The van der Waals surface area contributed by atoms with Gasteiger partial charge in [-0.1, -0.05) is 47.5 Å². The van der Waals surface area contributed by atoms with Crippen molar-refractivity contribution in [3.8, 4) is 0 Å².